The van der Waals surface area contributed by atoms with E-state index in [0.29, 0.717) is 35.7 Å². The van der Waals surface area contributed by atoms with Gasteiger partial charge in [0.05, 0.1) is 20.8 Å². The summed E-state index contributed by atoms with van der Waals surface area (Å²) in [5, 5.41) is 9.93. The van der Waals surface area contributed by atoms with Crippen molar-refractivity contribution in [2.75, 3.05) is 20.8 Å². The van der Waals surface area contributed by atoms with Crippen molar-refractivity contribution in [2.24, 2.45) is 0 Å². The molecular weight excluding hydrogens is 360 g/mol. The van der Waals surface area contributed by atoms with E-state index in [1.165, 1.54) is 0 Å². The number of hydrogen-bond donors (Lipinski definition) is 1. The Kier molecular flexibility index (Phi) is 8.21. The molecule has 0 saturated carbocycles. The number of aromatic hydroxyl groups is 1. The molecule has 0 radical (unpaired) electrons. The fraction of sp³-hybridized carbons (Fsp3) is 0.318. The van der Waals surface area contributed by atoms with Crippen LogP contribution in [-0.2, 0) is 9.53 Å². The van der Waals surface area contributed by atoms with Gasteiger partial charge in [-0.2, -0.15) is 0 Å². The van der Waals surface area contributed by atoms with Gasteiger partial charge in [0.2, 0.25) is 0 Å². The van der Waals surface area contributed by atoms with E-state index in [9.17, 15) is 9.90 Å². The van der Waals surface area contributed by atoms with Gasteiger partial charge in [0.25, 0.3) is 0 Å². The molecule has 6 heteroatoms. The van der Waals surface area contributed by atoms with E-state index in [4.69, 9.17) is 18.9 Å². The number of methoxy groups -OCH3 is 2. The third kappa shape index (κ3) is 5.94. The Bertz CT molecular complexity index is 799. The van der Waals surface area contributed by atoms with E-state index < -0.39 is 12.1 Å². The Labute approximate surface area is 165 Å². The van der Waals surface area contributed by atoms with Crippen molar-refractivity contribution >= 4 is 12.0 Å². The van der Waals surface area contributed by atoms with Crippen LogP contribution in [0.5, 0.6) is 23.0 Å². The van der Waals surface area contributed by atoms with Crippen molar-refractivity contribution in [3.63, 3.8) is 0 Å². The summed E-state index contributed by atoms with van der Waals surface area (Å²) in [6.45, 7) is 2.03. The van der Waals surface area contributed by atoms with Gasteiger partial charge < -0.3 is 24.1 Å². The smallest absolute Gasteiger partial charge is 0.347 e. The fourth-order valence-corrected chi connectivity index (χ4v) is 2.58. The number of benzene rings is 2. The van der Waals surface area contributed by atoms with Gasteiger partial charge in [0.15, 0.2) is 17.6 Å². The van der Waals surface area contributed by atoms with Crippen LogP contribution in [0.15, 0.2) is 48.5 Å². The predicted molar refractivity (Wildman–Crippen MR) is 107 cm³/mol. The minimum Gasteiger partial charge on any atom is -0.507 e. The molecule has 0 aliphatic heterocycles. The third-order valence-electron chi connectivity index (χ3n) is 4.02. The Hall–Kier alpha value is -3.15. The molecule has 0 saturated heterocycles. The number of ether oxygens (including phenoxy) is 4. The lowest BCUT2D eigenvalue weighted by Crippen LogP contribution is -2.29. The van der Waals surface area contributed by atoms with Gasteiger partial charge in [-0.3, -0.25) is 0 Å². The maximum absolute atomic E-state index is 12.3. The summed E-state index contributed by atoms with van der Waals surface area (Å²) in [5.41, 5.74) is 0.637. The van der Waals surface area contributed by atoms with Crippen molar-refractivity contribution in [1.82, 2.24) is 0 Å². The van der Waals surface area contributed by atoms with Crippen LogP contribution >= 0.6 is 0 Å². The number of carbonyl (C=O) groups is 1. The highest BCUT2D eigenvalue weighted by Crippen LogP contribution is 2.28. The molecule has 2 rings (SSSR count). The Morgan fingerprint density at radius 1 is 1.11 bits per heavy atom. The first-order chi connectivity index (χ1) is 13.6. The van der Waals surface area contributed by atoms with Crippen molar-refractivity contribution in [1.29, 1.82) is 0 Å². The molecule has 0 aliphatic rings. The van der Waals surface area contributed by atoms with Crippen molar-refractivity contribution in [3.8, 4) is 23.0 Å². The zero-order chi connectivity index (χ0) is 20.4. The molecule has 0 bridgehead atoms. The number of allylic oxidation sites excluding steroid dienone is 1. The lowest BCUT2D eigenvalue weighted by atomic mass is 10.1. The quantitative estimate of drug-likeness (QED) is 0.617. The van der Waals surface area contributed by atoms with E-state index in [1.807, 2.05) is 18.2 Å². The number of hydrogen-bond acceptors (Lipinski definition) is 6. The van der Waals surface area contributed by atoms with Gasteiger partial charge >= 0.3 is 5.97 Å². The molecule has 2 aromatic carbocycles. The summed E-state index contributed by atoms with van der Waals surface area (Å²) in [4.78, 5) is 12.3. The van der Waals surface area contributed by atoms with Crippen LogP contribution in [0, 0.1) is 0 Å². The molecule has 0 heterocycles. The van der Waals surface area contributed by atoms with Crippen LogP contribution in [0.4, 0.5) is 0 Å². The highest BCUT2D eigenvalue weighted by atomic mass is 16.6. The number of rotatable bonds is 10. The molecule has 0 fully saturated rings. The molecule has 2 aromatic rings. The van der Waals surface area contributed by atoms with Crippen LogP contribution in [-0.4, -0.2) is 38.0 Å². The van der Waals surface area contributed by atoms with Gasteiger partial charge in [-0.25, -0.2) is 4.79 Å². The highest BCUT2D eigenvalue weighted by Gasteiger charge is 2.22. The molecule has 1 atom stereocenters. The minimum atomic E-state index is -0.764. The second kappa shape index (κ2) is 10.9. The maximum atomic E-state index is 12.3. The molecule has 1 unspecified atom stereocenters. The Balaban J connectivity index is 2.06. The molecule has 0 aromatic heterocycles. The van der Waals surface area contributed by atoms with E-state index in [0.717, 1.165) is 0 Å². The topological polar surface area (TPSA) is 74.2 Å². The zero-order valence-electron chi connectivity index (χ0n) is 16.4. The molecule has 0 spiro atoms. The van der Waals surface area contributed by atoms with Crippen LogP contribution in [0.3, 0.4) is 0 Å². The molecule has 28 heavy (non-hydrogen) atoms. The molecule has 0 amide bonds. The SMILES string of the molecule is CCOC(=O)C(CC/C=C/c1cc(OC)ccc1O)Oc1ccccc1OC. The first-order valence-corrected chi connectivity index (χ1v) is 9.08. The highest BCUT2D eigenvalue weighted by molar-refractivity contribution is 5.75. The first-order valence-electron chi connectivity index (χ1n) is 9.08. The van der Waals surface area contributed by atoms with Gasteiger partial charge in [0.1, 0.15) is 11.5 Å². The first kappa shape index (κ1) is 21.2. The van der Waals surface area contributed by atoms with Gasteiger partial charge in [0, 0.05) is 5.56 Å². The van der Waals surface area contributed by atoms with E-state index in [2.05, 4.69) is 0 Å². The number of esters is 1. The average molecular weight is 386 g/mol. The van der Waals surface area contributed by atoms with E-state index in [1.54, 1.807) is 57.6 Å². The predicted octanol–water partition coefficient (Wildman–Crippen LogP) is 4.21. The average Bonchev–Trinajstić information content (AvgIpc) is 2.71. The lowest BCUT2D eigenvalue weighted by Gasteiger charge is -2.18. The standard InChI is InChI=1S/C22H26O6/c1-4-27-22(24)21(28-20-11-8-7-10-19(20)26-3)12-6-5-9-16-15-17(25-2)13-14-18(16)23/h5,7-11,13-15,21,23H,4,6,12H2,1-3H3/b9-5+. The van der Waals surface area contributed by atoms with Gasteiger partial charge in [-0.05, 0) is 50.1 Å². The number of para-hydroxylation sites is 2. The molecule has 6 nitrogen and oxygen atoms in total. The van der Waals surface area contributed by atoms with E-state index in [-0.39, 0.29) is 12.4 Å². The van der Waals surface area contributed by atoms with Gasteiger partial charge in [-0.1, -0.05) is 24.3 Å². The summed E-state index contributed by atoms with van der Waals surface area (Å²) < 4.78 is 21.4. The van der Waals surface area contributed by atoms with Crippen molar-refractivity contribution < 1.29 is 28.8 Å². The molecule has 1 N–H and O–H groups in total. The molecule has 0 aliphatic carbocycles. The normalized spacial score (nSPS) is 11.8. The minimum absolute atomic E-state index is 0.157. The van der Waals surface area contributed by atoms with Gasteiger partial charge in [-0.15, -0.1) is 0 Å². The largest absolute Gasteiger partial charge is 0.507 e. The zero-order valence-corrected chi connectivity index (χ0v) is 16.4. The summed E-state index contributed by atoms with van der Waals surface area (Å²) >= 11 is 0. The van der Waals surface area contributed by atoms with Crippen LogP contribution in [0.25, 0.3) is 6.08 Å². The number of carbonyl (C=O) groups excluding carboxylic acids is 1. The second-order valence-corrected chi connectivity index (χ2v) is 5.91. The monoisotopic (exact) mass is 386 g/mol. The van der Waals surface area contributed by atoms with E-state index >= 15 is 0 Å². The second-order valence-electron chi connectivity index (χ2n) is 5.91. The van der Waals surface area contributed by atoms with Crippen molar-refractivity contribution in [2.45, 2.75) is 25.9 Å². The summed E-state index contributed by atoms with van der Waals surface area (Å²) in [7, 11) is 3.11. The third-order valence-corrected chi connectivity index (χ3v) is 4.02. The summed E-state index contributed by atoms with van der Waals surface area (Å²) in [6.07, 6.45) is 3.85. The van der Waals surface area contributed by atoms with Crippen molar-refractivity contribution in [3.05, 3.63) is 54.1 Å². The molecule has 150 valence electrons. The number of phenols is 1. The Morgan fingerprint density at radius 2 is 1.86 bits per heavy atom. The summed E-state index contributed by atoms with van der Waals surface area (Å²) in [6, 6.07) is 12.1. The molecular formula is C22H26O6. The Morgan fingerprint density at radius 3 is 2.54 bits per heavy atom. The maximum Gasteiger partial charge on any atom is 0.347 e. The lowest BCUT2D eigenvalue weighted by molar-refractivity contribution is -0.151. The van der Waals surface area contributed by atoms with Crippen LogP contribution in [0.1, 0.15) is 25.3 Å². The van der Waals surface area contributed by atoms with Crippen LogP contribution < -0.4 is 14.2 Å². The number of phenolic OH excluding ortho intramolecular Hbond substituents is 1. The van der Waals surface area contributed by atoms with Crippen LogP contribution in [0.2, 0.25) is 0 Å². The fourth-order valence-electron chi connectivity index (χ4n) is 2.58. The summed E-state index contributed by atoms with van der Waals surface area (Å²) in [5.74, 6) is 1.42.